The third kappa shape index (κ3) is 5.53. The average molecular weight is 388 g/mol. The number of nitrogens with zero attached hydrogens (tertiary/aromatic N) is 2. The Bertz CT molecular complexity index is 779. The number of thiazole rings is 1. The van der Waals surface area contributed by atoms with Crippen molar-refractivity contribution in [3.8, 4) is 5.75 Å². The molecule has 2 heterocycles. The number of anilines is 1. The van der Waals surface area contributed by atoms with Crippen molar-refractivity contribution >= 4 is 22.4 Å². The normalized spacial score (nSPS) is 20.4. The van der Waals surface area contributed by atoms with Crippen LogP contribution in [-0.4, -0.2) is 35.5 Å². The first-order chi connectivity index (χ1) is 12.9. The summed E-state index contributed by atoms with van der Waals surface area (Å²) in [4.78, 5) is 19.2. The average Bonchev–Trinajstić information content (AvgIpc) is 3.02. The lowest BCUT2D eigenvalue weighted by molar-refractivity contribution is -0.118. The molecule has 0 unspecified atom stereocenters. The van der Waals surface area contributed by atoms with Gasteiger partial charge in [0.15, 0.2) is 11.7 Å². The number of carbonyl (C=O) groups is 1. The van der Waals surface area contributed by atoms with E-state index in [-0.39, 0.29) is 12.5 Å². The van der Waals surface area contributed by atoms with Gasteiger partial charge in [-0.15, -0.1) is 11.3 Å². The third-order valence-electron chi connectivity index (χ3n) is 5.04. The van der Waals surface area contributed by atoms with Crippen molar-refractivity contribution in [2.45, 2.75) is 40.7 Å². The Morgan fingerprint density at radius 2 is 2.04 bits per heavy atom. The van der Waals surface area contributed by atoms with Gasteiger partial charge in [0.2, 0.25) is 0 Å². The Balaban J connectivity index is 1.50. The first-order valence-corrected chi connectivity index (χ1v) is 10.4. The molecule has 1 aliphatic heterocycles. The van der Waals surface area contributed by atoms with E-state index in [9.17, 15) is 4.79 Å². The molecule has 1 aromatic carbocycles. The van der Waals surface area contributed by atoms with Gasteiger partial charge in [0.05, 0.1) is 5.69 Å². The molecule has 0 spiro atoms. The van der Waals surface area contributed by atoms with E-state index in [0.29, 0.717) is 5.13 Å². The van der Waals surface area contributed by atoms with Crippen LogP contribution in [0.1, 0.15) is 37.1 Å². The summed E-state index contributed by atoms with van der Waals surface area (Å²) < 4.78 is 5.66. The van der Waals surface area contributed by atoms with Crippen LogP contribution < -0.4 is 10.1 Å². The molecule has 1 saturated heterocycles. The first-order valence-electron chi connectivity index (χ1n) is 9.56. The maximum absolute atomic E-state index is 12.2. The first kappa shape index (κ1) is 19.8. The summed E-state index contributed by atoms with van der Waals surface area (Å²) >= 11 is 1.47. The van der Waals surface area contributed by atoms with Crippen LogP contribution in [0.3, 0.4) is 0 Å². The minimum atomic E-state index is -0.183. The monoisotopic (exact) mass is 387 g/mol. The van der Waals surface area contributed by atoms with Gasteiger partial charge in [-0.3, -0.25) is 15.0 Å². The zero-order valence-electron chi connectivity index (χ0n) is 16.6. The van der Waals surface area contributed by atoms with Gasteiger partial charge >= 0.3 is 0 Å². The molecule has 1 fully saturated rings. The standard InChI is InChI=1S/C21H29N3O2S/c1-14-8-15(2)10-24(9-14)11-18-13-27-21(22-18)23-20(25)12-26-19-7-5-6-16(3)17(19)4/h5-7,13-15H,8-12H2,1-4H3,(H,22,23,25)/t14-,15-/m0/s1. The molecular weight excluding hydrogens is 358 g/mol. The van der Waals surface area contributed by atoms with Crippen molar-refractivity contribution in [1.29, 1.82) is 0 Å². The number of ether oxygens (including phenoxy) is 1. The van der Waals surface area contributed by atoms with Crippen molar-refractivity contribution in [2.24, 2.45) is 11.8 Å². The fourth-order valence-corrected chi connectivity index (χ4v) is 4.48. The number of rotatable bonds is 6. The topological polar surface area (TPSA) is 54.5 Å². The molecule has 1 N–H and O–H groups in total. The molecule has 27 heavy (non-hydrogen) atoms. The largest absolute Gasteiger partial charge is 0.483 e. The van der Waals surface area contributed by atoms with Crippen LogP contribution in [0.2, 0.25) is 0 Å². The summed E-state index contributed by atoms with van der Waals surface area (Å²) in [7, 11) is 0. The Morgan fingerprint density at radius 1 is 1.30 bits per heavy atom. The Kier molecular flexibility index (Phi) is 6.50. The number of hydrogen-bond acceptors (Lipinski definition) is 5. The van der Waals surface area contributed by atoms with E-state index in [1.54, 1.807) is 0 Å². The van der Waals surface area contributed by atoms with Crippen LogP contribution >= 0.6 is 11.3 Å². The molecule has 0 radical (unpaired) electrons. The van der Waals surface area contributed by atoms with E-state index in [1.807, 2.05) is 37.4 Å². The third-order valence-corrected chi connectivity index (χ3v) is 5.85. The molecule has 5 nitrogen and oxygen atoms in total. The number of carbonyl (C=O) groups excluding carboxylic acids is 1. The Labute approximate surface area is 165 Å². The van der Waals surface area contributed by atoms with E-state index in [4.69, 9.17) is 4.74 Å². The van der Waals surface area contributed by atoms with Crippen LogP contribution in [0.4, 0.5) is 5.13 Å². The number of likely N-dealkylation sites (tertiary alicyclic amines) is 1. The highest BCUT2D eigenvalue weighted by atomic mass is 32.1. The maximum Gasteiger partial charge on any atom is 0.264 e. The number of nitrogens with one attached hydrogen (secondary N) is 1. The van der Waals surface area contributed by atoms with E-state index >= 15 is 0 Å². The van der Waals surface area contributed by atoms with E-state index in [1.165, 1.54) is 17.8 Å². The summed E-state index contributed by atoms with van der Waals surface area (Å²) in [6.45, 7) is 11.7. The molecule has 0 aliphatic carbocycles. The van der Waals surface area contributed by atoms with E-state index in [2.05, 4.69) is 29.0 Å². The van der Waals surface area contributed by atoms with Gasteiger partial charge < -0.3 is 4.74 Å². The Morgan fingerprint density at radius 3 is 2.78 bits per heavy atom. The van der Waals surface area contributed by atoms with Crippen LogP contribution in [0.5, 0.6) is 5.75 Å². The molecule has 2 aromatic rings. The van der Waals surface area contributed by atoms with Gasteiger partial charge in [-0.25, -0.2) is 4.98 Å². The van der Waals surface area contributed by atoms with Crippen LogP contribution in [0, 0.1) is 25.7 Å². The highest BCUT2D eigenvalue weighted by molar-refractivity contribution is 7.13. The molecule has 0 saturated carbocycles. The van der Waals surface area contributed by atoms with Gasteiger partial charge in [0.25, 0.3) is 5.91 Å². The number of hydrogen-bond donors (Lipinski definition) is 1. The summed E-state index contributed by atoms with van der Waals surface area (Å²) in [5.41, 5.74) is 3.23. The fraction of sp³-hybridized carbons (Fsp3) is 0.524. The van der Waals surface area contributed by atoms with Crippen LogP contribution in [0.25, 0.3) is 0 Å². The zero-order valence-corrected chi connectivity index (χ0v) is 17.4. The number of piperidine rings is 1. The molecule has 0 bridgehead atoms. The predicted octanol–water partition coefficient (Wildman–Crippen LogP) is 4.26. The van der Waals surface area contributed by atoms with Crippen molar-refractivity contribution in [3.05, 3.63) is 40.4 Å². The second kappa shape index (κ2) is 8.85. The molecule has 1 amide bonds. The van der Waals surface area contributed by atoms with E-state index in [0.717, 1.165) is 54.0 Å². The molecule has 1 aliphatic rings. The molecule has 3 rings (SSSR count). The lowest BCUT2D eigenvalue weighted by atomic mass is 9.92. The number of benzene rings is 1. The fourth-order valence-electron chi connectivity index (χ4n) is 3.77. The van der Waals surface area contributed by atoms with Gasteiger partial charge in [0.1, 0.15) is 5.75 Å². The van der Waals surface area contributed by atoms with Gasteiger partial charge in [-0.05, 0) is 49.3 Å². The molecular formula is C21H29N3O2S. The second-order valence-corrected chi connectivity index (χ2v) is 8.68. The Hall–Kier alpha value is -1.92. The zero-order chi connectivity index (χ0) is 19.4. The lowest BCUT2D eigenvalue weighted by Crippen LogP contribution is -2.38. The quantitative estimate of drug-likeness (QED) is 0.805. The highest BCUT2D eigenvalue weighted by Crippen LogP contribution is 2.24. The predicted molar refractivity (Wildman–Crippen MR) is 110 cm³/mol. The van der Waals surface area contributed by atoms with Gasteiger partial charge in [-0.1, -0.05) is 26.0 Å². The van der Waals surface area contributed by atoms with Gasteiger partial charge in [0, 0.05) is 25.0 Å². The van der Waals surface area contributed by atoms with Crippen molar-refractivity contribution in [3.63, 3.8) is 0 Å². The van der Waals surface area contributed by atoms with Crippen molar-refractivity contribution < 1.29 is 9.53 Å². The summed E-state index contributed by atoms with van der Waals surface area (Å²) in [6.07, 6.45) is 1.30. The number of aromatic nitrogens is 1. The van der Waals surface area contributed by atoms with E-state index < -0.39 is 0 Å². The van der Waals surface area contributed by atoms with Crippen LogP contribution in [0.15, 0.2) is 23.6 Å². The number of amides is 1. The van der Waals surface area contributed by atoms with Gasteiger partial charge in [-0.2, -0.15) is 0 Å². The molecule has 146 valence electrons. The SMILES string of the molecule is Cc1cccc(OCC(=O)Nc2nc(CN3C[C@@H](C)C[C@H](C)C3)cs2)c1C. The minimum absolute atomic E-state index is 0.0135. The second-order valence-electron chi connectivity index (χ2n) is 7.82. The summed E-state index contributed by atoms with van der Waals surface area (Å²) in [5.74, 6) is 2.03. The van der Waals surface area contributed by atoms with Crippen molar-refractivity contribution in [1.82, 2.24) is 9.88 Å². The molecule has 6 heteroatoms. The van der Waals surface area contributed by atoms with Crippen LogP contribution in [-0.2, 0) is 11.3 Å². The molecule has 1 aromatic heterocycles. The summed E-state index contributed by atoms with van der Waals surface area (Å²) in [5, 5.41) is 5.52. The minimum Gasteiger partial charge on any atom is -0.483 e. The summed E-state index contributed by atoms with van der Waals surface area (Å²) in [6, 6.07) is 5.85. The lowest BCUT2D eigenvalue weighted by Gasteiger charge is -2.34. The van der Waals surface area contributed by atoms with Crippen molar-refractivity contribution in [2.75, 3.05) is 25.0 Å². The number of aryl methyl sites for hydroxylation is 1. The molecule has 2 atom stereocenters. The smallest absolute Gasteiger partial charge is 0.264 e. The highest BCUT2D eigenvalue weighted by Gasteiger charge is 2.22. The maximum atomic E-state index is 12.2.